The molecule has 0 atom stereocenters. The third kappa shape index (κ3) is 4.01. The van der Waals surface area contributed by atoms with Gasteiger partial charge in [0.25, 0.3) is 5.91 Å². The lowest BCUT2D eigenvalue weighted by atomic mass is 10.1. The molecule has 1 aliphatic carbocycles. The molecule has 1 aromatic heterocycles. The van der Waals surface area contributed by atoms with Gasteiger partial charge in [0.2, 0.25) is 0 Å². The van der Waals surface area contributed by atoms with Gasteiger partial charge in [-0.3, -0.25) is 9.36 Å². The van der Waals surface area contributed by atoms with Crippen molar-refractivity contribution in [2.24, 2.45) is 0 Å². The Hall–Kier alpha value is -2.08. The van der Waals surface area contributed by atoms with E-state index in [2.05, 4.69) is 4.98 Å². The van der Waals surface area contributed by atoms with Crippen LogP contribution in [0.1, 0.15) is 55.8 Å². The van der Waals surface area contributed by atoms with Crippen LogP contribution in [0.15, 0.2) is 23.0 Å². The molecular weight excluding hydrogens is 330 g/mol. The number of benzene rings is 1. The molecule has 1 saturated carbocycles. The molecule has 26 heavy (non-hydrogen) atoms. The highest BCUT2D eigenvalue weighted by Gasteiger charge is 2.22. The number of rotatable bonds is 6. The van der Waals surface area contributed by atoms with Crippen LogP contribution in [0.4, 0.5) is 0 Å². The number of imidazole rings is 1. The maximum Gasteiger partial charge on any atom is 0.326 e. The summed E-state index contributed by atoms with van der Waals surface area (Å²) in [7, 11) is 1.90. The average molecular weight is 359 g/mol. The van der Waals surface area contributed by atoms with E-state index in [1.165, 1.54) is 25.7 Å². The summed E-state index contributed by atoms with van der Waals surface area (Å²) in [6, 6.07) is 5.79. The van der Waals surface area contributed by atoms with Gasteiger partial charge in [-0.05, 0) is 38.0 Å². The minimum Gasteiger partial charge on any atom is -0.380 e. The minimum atomic E-state index is -0.165. The van der Waals surface area contributed by atoms with Gasteiger partial charge in [0.15, 0.2) is 0 Å². The van der Waals surface area contributed by atoms with Crippen molar-refractivity contribution in [1.82, 2.24) is 14.5 Å². The minimum absolute atomic E-state index is 0.0294. The third-order valence-corrected chi connectivity index (χ3v) is 5.38. The van der Waals surface area contributed by atoms with Crippen molar-refractivity contribution >= 4 is 16.9 Å². The summed E-state index contributed by atoms with van der Waals surface area (Å²) in [6.45, 7) is 3.56. The molecule has 6 heteroatoms. The Labute approximate surface area is 154 Å². The number of fused-ring (bicyclic) bond motifs is 1. The number of hydrogen-bond acceptors (Lipinski definition) is 3. The van der Waals surface area contributed by atoms with E-state index in [-0.39, 0.29) is 11.6 Å². The molecule has 142 valence electrons. The summed E-state index contributed by atoms with van der Waals surface area (Å²) in [5.74, 6) is 0.0294. The number of aromatic nitrogens is 2. The van der Waals surface area contributed by atoms with Crippen molar-refractivity contribution in [2.75, 3.05) is 20.3 Å². The van der Waals surface area contributed by atoms with Gasteiger partial charge in [-0.2, -0.15) is 0 Å². The van der Waals surface area contributed by atoms with E-state index in [4.69, 9.17) is 4.74 Å². The number of amides is 1. The Morgan fingerprint density at radius 3 is 2.69 bits per heavy atom. The number of nitrogens with zero attached hydrogens (tertiary/aromatic N) is 2. The van der Waals surface area contributed by atoms with Gasteiger partial charge in [-0.1, -0.05) is 25.7 Å². The third-order valence-electron chi connectivity index (χ3n) is 5.38. The number of aromatic amines is 1. The zero-order chi connectivity index (χ0) is 18.5. The molecule has 0 bridgehead atoms. The zero-order valence-electron chi connectivity index (χ0n) is 15.8. The Bertz CT molecular complexity index is 800. The largest absolute Gasteiger partial charge is 0.380 e. The Balaban J connectivity index is 1.79. The molecule has 1 heterocycles. The van der Waals surface area contributed by atoms with Crippen LogP contribution >= 0.6 is 0 Å². The second kappa shape index (κ2) is 8.54. The van der Waals surface area contributed by atoms with Crippen LogP contribution in [0.2, 0.25) is 0 Å². The smallest absolute Gasteiger partial charge is 0.326 e. The summed E-state index contributed by atoms with van der Waals surface area (Å²) >= 11 is 0. The molecule has 6 nitrogen and oxygen atoms in total. The van der Waals surface area contributed by atoms with Gasteiger partial charge >= 0.3 is 5.69 Å². The molecule has 0 radical (unpaired) electrons. The first kappa shape index (κ1) is 18.7. The first-order valence-electron chi connectivity index (χ1n) is 9.69. The van der Waals surface area contributed by atoms with Gasteiger partial charge in [0.05, 0.1) is 24.2 Å². The van der Waals surface area contributed by atoms with Crippen molar-refractivity contribution < 1.29 is 9.53 Å². The molecule has 1 aliphatic rings. The monoisotopic (exact) mass is 359 g/mol. The number of ether oxygens (including phenoxy) is 1. The maximum atomic E-state index is 12.9. The highest BCUT2D eigenvalue weighted by atomic mass is 16.5. The van der Waals surface area contributed by atoms with Crippen molar-refractivity contribution in [2.45, 2.75) is 58.0 Å². The molecule has 0 aliphatic heterocycles. The first-order valence-corrected chi connectivity index (χ1v) is 9.69. The summed E-state index contributed by atoms with van der Waals surface area (Å²) in [6.07, 6.45) is 7.07. The van der Waals surface area contributed by atoms with Crippen LogP contribution in [0, 0.1) is 0 Å². The summed E-state index contributed by atoms with van der Waals surface area (Å²) in [5, 5.41) is 0. The van der Waals surface area contributed by atoms with Gasteiger partial charge in [0.1, 0.15) is 0 Å². The number of carbonyl (C=O) groups is 1. The van der Waals surface area contributed by atoms with Gasteiger partial charge in [-0.25, -0.2) is 4.79 Å². The Morgan fingerprint density at radius 1 is 1.27 bits per heavy atom. The SMILES string of the molecule is CCOCCn1c(=O)[nH]c2cc(C(=O)N(C)C3CCCCCC3)ccc21. The summed E-state index contributed by atoms with van der Waals surface area (Å²) < 4.78 is 7.01. The normalized spacial score (nSPS) is 15.9. The van der Waals surface area contributed by atoms with Crippen molar-refractivity contribution in [3.63, 3.8) is 0 Å². The quantitative estimate of drug-likeness (QED) is 0.636. The molecule has 1 N–H and O–H groups in total. The fourth-order valence-corrected chi connectivity index (χ4v) is 3.83. The Morgan fingerprint density at radius 2 is 2.00 bits per heavy atom. The lowest BCUT2D eigenvalue weighted by Crippen LogP contribution is -2.36. The van der Waals surface area contributed by atoms with Crippen LogP contribution in [0.5, 0.6) is 0 Å². The molecule has 0 unspecified atom stereocenters. The van der Waals surface area contributed by atoms with Gasteiger partial charge in [0, 0.05) is 25.3 Å². The second-order valence-electron chi connectivity index (χ2n) is 7.07. The lowest BCUT2D eigenvalue weighted by molar-refractivity contribution is 0.0718. The van der Waals surface area contributed by atoms with Gasteiger partial charge < -0.3 is 14.6 Å². The fraction of sp³-hybridized carbons (Fsp3) is 0.600. The van der Waals surface area contributed by atoms with Crippen LogP contribution in [0.3, 0.4) is 0 Å². The summed E-state index contributed by atoms with van der Waals surface area (Å²) in [4.78, 5) is 29.8. The summed E-state index contributed by atoms with van der Waals surface area (Å²) in [5.41, 5.74) is 1.97. The lowest BCUT2D eigenvalue weighted by Gasteiger charge is -2.27. The van der Waals surface area contributed by atoms with E-state index in [1.54, 1.807) is 10.6 Å². The van der Waals surface area contributed by atoms with Crippen molar-refractivity contribution in [1.29, 1.82) is 0 Å². The van der Waals surface area contributed by atoms with Crippen LogP contribution in [-0.4, -0.2) is 46.7 Å². The molecule has 1 fully saturated rings. The number of H-pyrrole nitrogens is 1. The van der Waals surface area contributed by atoms with E-state index in [9.17, 15) is 9.59 Å². The van der Waals surface area contributed by atoms with Crippen molar-refractivity contribution in [3.8, 4) is 0 Å². The molecule has 2 aromatic rings. The molecule has 1 amide bonds. The maximum absolute atomic E-state index is 12.9. The van der Waals surface area contributed by atoms with Crippen LogP contribution < -0.4 is 5.69 Å². The molecular formula is C20H29N3O3. The van der Waals surface area contributed by atoms with E-state index in [0.29, 0.717) is 36.9 Å². The highest BCUT2D eigenvalue weighted by molar-refractivity contribution is 5.97. The van der Waals surface area contributed by atoms with E-state index in [0.717, 1.165) is 18.4 Å². The molecule has 1 aromatic carbocycles. The number of nitrogens with one attached hydrogen (secondary N) is 1. The predicted octanol–water partition coefficient (Wildman–Crippen LogP) is 3.16. The standard InChI is InChI=1S/C20H29N3O3/c1-3-26-13-12-23-18-11-10-15(14-17(18)21-20(23)25)19(24)22(2)16-8-6-4-5-7-9-16/h10-11,14,16H,3-9,12-13H2,1-2H3,(H,21,25). The molecule has 3 rings (SSSR count). The van der Waals surface area contributed by atoms with Gasteiger partial charge in [-0.15, -0.1) is 0 Å². The highest BCUT2D eigenvalue weighted by Crippen LogP contribution is 2.23. The first-order chi connectivity index (χ1) is 12.6. The van der Waals surface area contributed by atoms with E-state index in [1.807, 2.05) is 31.0 Å². The topological polar surface area (TPSA) is 67.3 Å². The average Bonchev–Trinajstić information content (AvgIpc) is 2.82. The van der Waals surface area contributed by atoms with Crippen LogP contribution in [-0.2, 0) is 11.3 Å². The van der Waals surface area contributed by atoms with Crippen molar-refractivity contribution in [3.05, 3.63) is 34.2 Å². The zero-order valence-corrected chi connectivity index (χ0v) is 15.8. The van der Waals surface area contributed by atoms with E-state index >= 15 is 0 Å². The fourth-order valence-electron chi connectivity index (χ4n) is 3.83. The predicted molar refractivity (Wildman–Crippen MR) is 103 cm³/mol. The van der Waals surface area contributed by atoms with Crippen LogP contribution in [0.25, 0.3) is 11.0 Å². The van der Waals surface area contributed by atoms with E-state index < -0.39 is 0 Å². The number of hydrogen-bond donors (Lipinski definition) is 1. The molecule has 0 saturated heterocycles. The number of carbonyl (C=O) groups excluding carboxylic acids is 1. The Kier molecular flexibility index (Phi) is 6.14. The molecule has 0 spiro atoms. The second-order valence-corrected chi connectivity index (χ2v) is 7.07.